The smallest absolute Gasteiger partial charge is 0.201 e. The molecule has 2 atom stereocenters. The van der Waals surface area contributed by atoms with Crippen molar-refractivity contribution < 1.29 is 23.0 Å². The molecule has 0 aromatic heterocycles. The topological polar surface area (TPSA) is 27.7 Å². The van der Waals surface area contributed by atoms with E-state index in [1.165, 1.54) is 19.2 Å². The summed E-state index contributed by atoms with van der Waals surface area (Å²) in [7, 11) is 1.31. The fourth-order valence-corrected chi connectivity index (χ4v) is 3.17. The van der Waals surface area contributed by atoms with Crippen LogP contribution in [0, 0.1) is 17.6 Å². The minimum absolute atomic E-state index is 0.105. The Hall–Kier alpha value is -2.14. The van der Waals surface area contributed by atoms with Gasteiger partial charge in [-0.25, -0.2) is 4.39 Å². The van der Waals surface area contributed by atoms with Crippen LogP contribution in [0.2, 0.25) is 0 Å². The molecule has 1 aliphatic rings. The van der Waals surface area contributed by atoms with E-state index in [0.717, 1.165) is 25.9 Å². The van der Waals surface area contributed by atoms with E-state index < -0.39 is 11.6 Å². The first-order valence-electron chi connectivity index (χ1n) is 8.99. The van der Waals surface area contributed by atoms with Crippen LogP contribution < -0.4 is 9.47 Å². The molecular weight excluding hydrogens is 338 g/mol. The number of ether oxygens (including phenoxy) is 3. The molecule has 3 rings (SSSR count). The van der Waals surface area contributed by atoms with Gasteiger partial charge in [-0.3, -0.25) is 0 Å². The largest absolute Gasteiger partial charge is 0.494 e. The molecule has 0 bridgehead atoms. The van der Waals surface area contributed by atoms with Gasteiger partial charge in [0.1, 0.15) is 5.75 Å². The standard InChI is InChI=1S/C21H24F2O3/c1-3-16-7-4-14(12-25-16)13-26-17-8-5-15(6-9-17)18-10-11-19(24-2)21(23)20(18)22/h5-6,8-11,14,16H,3-4,7,12-13H2,1-2H3. The summed E-state index contributed by atoms with van der Waals surface area (Å²) in [6, 6.07) is 9.93. The molecule has 0 spiro atoms. The molecule has 0 aliphatic carbocycles. The lowest BCUT2D eigenvalue weighted by Crippen LogP contribution is -2.28. The fraction of sp³-hybridized carbons (Fsp3) is 0.429. The fourth-order valence-electron chi connectivity index (χ4n) is 3.17. The lowest BCUT2D eigenvalue weighted by molar-refractivity contribution is -0.0281. The second-order valence-electron chi connectivity index (χ2n) is 6.59. The quantitative estimate of drug-likeness (QED) is 0.705. The molecule has 0 amide bonds. The van der Waals surface area contributed by atoms with Crippen molar-refractivity contribution in [2.24, 2.45) is 5.92 Å². The van der Waals surface area contributed by atoms with Crippen molar-refractivity contribution in [3.05, 3.63) is 48.0 Å². The van der Waals surface area contributed by atoms with Crippen LogP contribution in [0.1, 0.15) is 26.2 Å². The first kappa shape index (κ1) is 18.6. The number of hydrogen-bond acceptors (Lipinski definition) is 3. The van der Waals surface area contributed by atoms with Crippen LogP contribution in [-0.4, -0.2) is 26.4 Å². The second kappa shape index (κ2) is 8.49. The predicted molar refractivity (Wildman–Crippen MR) is 96.6 cm³/mol. The Morgan fingerprint density at radius 3 is 2.42 bits per heavy atom. The zero-order valence-electron chi connectivity index (χ0n) is 15.1. The van der Waals surface area contributed by atoms with Gasteiger partial charge >= 0.3 is 0 Å². The van der Waals surface area contributed by atoms with Gasteiger partial charge in [-0.05, 0) is 49.1 Å². The van der Waals surface area contributed by atoms with Crippen molar-refractivity contribution in [1.29, 1.82) is 0 Å². The van der Waals surface area contributed by atoms with Crippen LogP contribution in [0.4, 0.5) is 8.78 Å². The van der Waals surface area contributed by atoms with E-state index in [9.17, 15) is 8.78 Å². The van der Waals surface area contributed by atoms with Gasteiger partial charge < -0.3 is 14.2 Å². The van der Waals surface area contributed by atoms with E-state index in [1.54, 1.807) is 24.3 Å². The Kier molecular flexibility index (Phi) is 6.09. The van der Waals surface area contributed by atoms with Crippen molar-refractivity contribution >= 4 is 0 Å². The number of hydrogen-bond donors (Lipinski definition) is 0. The third-order valence-corrected chi connectivity index (χ3v) is 4.84. The van der Waals surface area contributed by atoms with Crippen LogP contribution in [0.3, 0.4) is 0 Å². The van der Waals surface area contributed by atoms with Crippen LogP contribution in [0.15, 0.2) is 36.4 Å². The lowest BCUT2D eigenvalue weighted by Gasteiger charge is -2.28. The second-order valence-corrected chi connectivity index (χ2v) is 6.59. The molecular formula is C21H24F2O3. The van der Waals surface area contributed by atoms with Crippen molar-refractivity contribution in [3.63, 3.8) is 0 Å². The van der Waals surface area contributed by atoms with E-state index in [1.807, 2.05) is 0 Å². The van der Waals surface area contributed by atoms with Gasteiger partial charge in [0.2, 0.25) is 5.82 Å². The SMILES string of the molecule is CCC1CCC(COc2ccc(-c3ccc(OC)c(F)c3F)cc2)CO1. The zero-order chi connectivity index (χ0) is 18.5. The van der Waals surface area contributed by atoms with E-state index >= 15 is 0 Å². The van der Waals surface area contributed by atoms with Crippen molar-refractivity contribution in [3.8, 4) is 22.6 Å². The molecule has 1 saturated heterocycles. The van der Waals surface area contributed by atoms with Gasteiger partial charge in [-0.1, -0.05) is 19.1 Å². The average Bonchev–Trinajstić information content (AvgIpc) is 2.69. The van der Waals surface area contributed by atoms with E-state index in [-0.39, 0.29) is 11.3 Å². The lowest BCUT2D eigenvalue weighted by atomic mass is 9.98. The molecule has 0 N–H and O–H groups in total. The molecule has 26 heavy (non-hydrogen) atoms. The third-order valence-electron chi connectivity index (χ3n) is 4.84. The molecule has 3 nitrogen and oxygen atoms in total. The zero-order valence-corrected chi connectivity index (χ0v) is 15.1. The van der Waals surface area contributed by atoms with Crippen LogP contribution in [0.5, 0.6) is 11.5 Å². The Morgan fingerprint density at radius 2 is 1.81 bits per heavy atom. The van der Waals surface area contributed by atoms with Gasteiger partial charge in [-0.2, -0.15) is 4.39 Å². The third kappa shape index (κ3) is 4.15. The molecule has 2 aromatic rings. The number of halogens is 2. The summed E-state index contributed by atoms with van der Waals surface area (Å²) in [6.45, 7) is 3.47. The monoisotopic (exact) mass is 362 g/mol. The Balaban J connectivity index is 1.61. The summed E-state index contributed by atoms with van der Waals surface area (Å²) >= 11 is 0. The highest BCUT2D eigenvalue weighted by Gasteiger charge is 2.21. The number of rotatable bonds is 6. The molecule has 2 unspecified atom stereocenters. The molecule has 140 valence electrons. The van der Waals surface area contributed by atoms with Crippen LogP contribution in [-0.2, 0) is 4.74 Å². The maximum atomic E-state index is 14.2. The summed E-state index contributed by atoms with van der Waals surface area (Å²) < 4.78 is 44.5. The van der Waals surface area contributed by atoms with Gasteiger partial charge in [0, 0.05) is 11.5 Å². The van der Waals surface area contributed by atoms with Crippen LogP contribution >= 0.6 is 0 Å². The van der Waals surface area contributed by atoms with Gasteiger partial charge in [0.25, 0.3) is 0 Å². The summed E-state index contributed by atoms with van der Waals surface area (Å²) in [6.07, 6.45) is 3.61. The normalized spacial score (nSPS) is 20.0. The maximum absolute atomic E-state index is 14.2. The highest BCUT2D eigenvalue weighted by Crippen LogP contribution is 2.31. The molecule has 5 heteroatoms. The minimum atomic E-state index is -0.979. The van der Waals surface area contributed by atoms with Gasteiger partial charge in [0.15, 0.2) is 11.6 Å². The van der Waals surface area contributed by atoms with Crippen molar-refractivity contribution in [1.82, 2.24) is 0 Å². The Bertz CT molecular complexity index is 723. The summed E-state index contributed by atoms with van der Waals surface area (Å²) in [5.74, 6) is -0.895. The van der Waals surface area contributed by atoms with Gasteiger partial charge in [-0.15, -0.1) is 0 Å². The maximum Gasteiger partial charge on any atom is 0.201 e. The summed E-state index contributed by atoms with van der Waals surface area (Å²) in [4.78, 5) is 0. The minimum Gasteiger partial charge on any atom is -0.494 e. The summed E-state index contributed by atoms with van der Waals surface area (Å²) in [5, 5.41) is 0. The molecule has 2 aromatic carbocycles. The number of benzene rings is 2. The molecule has 0 saturated carbocycles. The Labute approximate surface area is 152 Å². The molecule has 1 heterocycles. The highest BCUT2D eigenvalue weighted by atomic mass is 19.2. The van der Waals surface area contributed by atoms with E-state index in [4.69, 9.17) is 14.2 Å². The van der Waals surface area contributed by atoms with Crippen molar-refractivity contribution in [2.45, 2.75) is 32.3 Å². The average molecular weight is 362 g/mol. The molecule has 1 fully saturated rings. The van der Waals surface area contributed by atoms with Gasteiger partial charge in [0.05, 0.1) is 26.4 Å². The summed E-state index contributed by atoms with van der Waals surface area (Å²) in [5.41, 5.74) is 0.782. The van der Waals surface area contributed by atoms with E-state index in [2.05, 4.69) is 6.92 Å². The molecule has 1 aliphatic heterocycles. The molecule has 0 radical (unpaired) electrons. The first-order chi connectivity index (χ1) is 12.6. The predicted octanol–water partition coefficient (Wildman–Crippen LogP) is 5.22. The number of methoxy groups -OCH3 is 1. The van der Waals surface area contributed by atoms with Crippen LogP contribution in [0.25, 0.3) is 11.1 Å². The highest BCUT2D eigenvalue weighted by molar-refractivity contribution is 5.66. The Morgan fingerprint density at radius 1 is 1.04 bits per heavy atom. The van der Waals surface area contributed by atoms with Crippen molar-refractivity contribution in [2.75, 3.05) is 20.3 Å². The first-order valence-corrected chi connectivity index (χ1v) is 8.99. The van der Waals surface area contributed by atoms with E-state index in [0.29, 0.717) is 29.9 Å².